The van der Waals surface area contributed by atoms with Crippen molar-refractivity contribution in [1.29, 1.82) is 0 Å². The smallest absolute Gasteiger partial charge is 0.247 e. The first-order valence-electron chi connectivity index (χ1n) is 12.6. The molecule has 1 saturated carbocycles. The molecule has 1 aliphatic carbocycles. The Labute approximate surface area is 201 Å². The monoisotopic (exact) mass is 465 g/mol. The number of benzene rings is 1. The maximum absolute atomic E-state index is 12.2. The molecule has 34 heavy (non-hydrogen) atoms. The van der Waals surface area contributed by atoms with E-state index >= 15 is 0 Å². The second kappa shape index (κ2) is 10.7. The van der Waals surface area contributed by atoms with Crippen molar-refractivity contribution in [2.75, 3.05) is 56.2 Å². The molecule has 8 nitrogen and oxygen atoms in total. The Hall–Kier alpha value is -2.71. The molecule has 1 aromatic heterocycles. The molecule has 2 saturated heterocycles. The molecule has 1 N–H and O–H groups in total. The fraction of sp³-hybridized carbons (Fsp3) is 0.577. The summed E-state index contributed by atoms with van der Waals surface area (Å²) in [5, 5.41) is 3.89. The Morgan fingerprint density at radius 1 is 1.18 bits per heavy atom. The van der Waals surface area contributed by atoms with Crippen molar-refractivity contribution >= 4 is 28.3 Å². The molecule has 0 bridgehead atoms. The zero-order valence-corrected chi connectivity index (χ0v) is 19.9. The van der Waals surface area contributed by atoms with Crippen molar-refractivity contribution in [1.82, 2.24) is 14.9 Å². The number of hydrogen-bond donors (Lipinski definition) is 1. The summed E-state index contributed by atoms with van der Waals surface area (Å²) in [5.74, 6) is 2.09. The first-order valence-corrected chi connectivity index (χ1v) is 12.6. The zero-order valence-electron chi connectivity index (χ0n) is 19.9. The van der Waals surface area contributed by atoms with E-state index in [4.69, 9.17) is 14.5 Å². The van der Waals surface area contributed by atoms with Gasteiger partial charge in [0.25, 0.3) is 0 Å². The van der Waals surface area contributed by atoms with Crippen LogP contribution in [0.5, 0.6) is 5.75 Å². The Bertz CT molecular complexity index is 1020. The standard InChI is InChI=1S/C26H35N5O3/c1-2-25(32)29-22-16-20-21(17-24(22)34-13-5-9-30-11-14-33-15-12-30)27-18-28-26(20)31-10-8-19-6-3-4-7-23(19)31/h2,16-19,23H,1,3-15H2,(H,29,32). The average Bonchev–Trinajstić information content (AvgIpc) is 3.31. The number of carbonyl (C=O) groups is 1. The fourth-order valence-electron chi connectivity index (χ4n) is 5.66. The Morgan fingerprint density at radius 2 is 2.03 bits per heavy atom. The van der Waals surface area contributed by atoms with Crippen LogP contribution >= 0.6 is 0 Å². The minimum absolute atomic E-state index is 0.260. The second-order valence-corrected chi connectivity index (χ2v) is 9.51. The molecule has 3 fully saturated rings. The lowest BCUT2D eigenvalue weighted by molar-refractivity contribution is -0.111. The van der Waals surface area contributed by atoms with E-state index in [1.54, 1.807) is 6.33 Å². The van der Waals surface area contributed by atoms with Crippen LogP contribution in [-0.4, -0.2) is 72.8 Å². The van der Waals surface area contributed by atoms with Crippen molar-refractivity contribution in [2.45, 2.75) is 44.6 Å². The van der Waals surface area contributed by atoms with Crippen LogP contribution in [0.1, 0.15) is 38.5 Å². The lowest BCUT2D eigenvalue weighted by Crippen LogP contribution is -2.37. The molecule has 2 atom stereocenters. The predicted octanol–water partition coefficient (Wildman–Crippen LogP) is 3.62. The van der Waals surface area contributed by atoms with Gasteiger partial charge >= 0.3 is 0 Å². The van der Waals surface area contributed by atoms with Gasteiger partial charge in [-0.05, 0) is 43.7 Å². The van der Waals surface area contributed by atoms with Gasteiger partial charge in [-0.3, -0.25) is 9.69 Å². The summed E-state index contributed by atoms with van der Waals surface area (Å²) in [4.78, 5) is 26.3. The van der Waals surface area contributed by atoms with Gasteiger partial charge in [-0.15, -0.1) is 0 Å². The Morgan fingerprint density at radius 3 is 2.88 bits per heavy atom. The summed E-state index contributed by atoms with van der Waals surface area (Å²) in [6.45, 7) is 9.68. The van der Waals surface area contributed by atoms with E-state index in [1.807, 2.05) is 12.1 Å². The third-order valence-corrected chi connectivity index (χ3v) is 7.42. The van der Waals surface area contributed by atoms with Crippen molar-refractivity contribution in [2.24, 2.45) is 5.92 Å². The van der Waals surface area contributed by atoms with Crippen molar-refractivity contribution in [3.63, 3.8) is 0 Å². The third-order valence-electron chi connectivity index (χ3n) is 7.42. The van der Waals surface area contributed by atoms with Gasteiger partial charge in [0.15, 0.2) is 0 Å². The quantitative estimate of drug-likeness (QED) is 0.471. The van der Waals surface area contributed by atoms with Crippen molar-refractivity contribution < 1.29 is 14.3 Å². The lowest BCUT2D eigenvalue weighted by Gasteiger charge is -2.33. The minimum Gasteiger partial charge on any atom is -0.491 e. The molecule has 2 aliphatic heterocycles. The van der Waals surface area contributed by atoms with Crippen molar-refractivity contribution in [3.8, 4) is 5.75 Å². The summed E-state index contributed by atoms with van der Waals surface area (Å²) in [5.41, 5.74) is 1.48. The molecule has 3 aliphatic rings. The van der Waals surface area contributed by atoms with Crippen LogP contribution in [-0.2, 0) is 9.53 Å². The molecule has 3 heterocycles. The average molecular weight is 466 g/mol. The first kappa shape index (κ1) is 23.1. The summed E-state index contributed by atoms with van der Waals surface area (Å²) in [7, 11) is 0. The van der Waals surface area contributed by atoms with Gasteiger partial charge in [-0.2, -0.15) is 0 Å². The van der Waals surface area contributed by atoms with Gasteiger partial charge in [-0.25, -0.2) is 9.97 Å². The number of ether oxygens (including phenoxy) is 2. The summed E-state index contributed by atoms with van der Waals surface area (Å²) < 4.78 is 11.6. The number of hydrogen-bond acceptors (Lipinski definition) is 7. The molecule has 5 rings (SSSR count). The molecule has 2 aromatic rings. The molecule has 1 amide bonds. The van der Waals surface area contributed by atoms with Gasteiger partial charge in [0.2, 0.25) is 5.91 Å². The number of carbonyl (C=O) groups excluding carboxylic acids is 1. The fourth-order valence-corrected chi connectivity index (χ4v) is 5.66. The van der Waals surface area contributed by atoms with E-state index in [0.29, 0.717) is 24.1 Å². The molecule has 182 valence electrons. The number of anilines is 2. The van der Waals surface area contributed by atoms with Crippen LogP contribution in [0.25, 0.3) is 10.9 Å². The predicted molar refractivity (Wildman–Crippen MR) is 133 cm³/mol. The normalized spacial score (nSPS) is 23.0. The Balaban J connectivity index is 1.38. The van der Waals surface area contributed by atoms with E-state index < -0.39 is 0 Å². The van der Waals surface area contributed by atoms with Gasteiger partial charge in [0.05, 0.1) is 31.0 Å². The number of rotatable bonds is 8. The molecule has 0 radical (unpaired) electrons. The molecular formula is C26H35N5O3. The third kappa shape index (κ3) is 5.03. The topological polar surface area (TPSA) is 79.8 Å². The molecular weight excluding hydrogens is 430 g/mol. The SMILES string of the molecule is C=CC(=O)Nc1cc2c(N3CCC4CCCCC43)ncnc2cc1OCCCN1CCOCC1. The number of morpholine rings is 1. The summed E-state index contributed by atoms with van der Waals surface area (Å²) >= 11 is 0. The van der Waals surface area contributed by atoms with Crippen LogP contribution < -0.4 is 15.0 Å². The maximum Gasteiger partial charge on any atom is 0.247 e. The molecule has 2 unspecified atom stereocenters. The Kier molecular flexibility index (Phi) is 7.25. The van der Waals surface area contributed by atoms with Crippen molar-refractivity contribution in [3.05, 3.63) is 31.1 Å². The van der Waals surface area contributed by atoms with Crippen LogP contribution in [0.15, 0.2) is 31.1 Å². The molecule has 1 aromatic carbocycles. The van der Waals surface area contributed by atoms with Gasteiger partial charge in [-0.1, -0.05) is 19.4 Å². The van der Waals surface area contributed by atoms with Crippen LogP contribution in [0.3, 0.4) is 0 Å². The van der Waals surface area contributed by atoms with E-state index in [2.05, 4.69) is 26.7 Å². The van der Waals surface area contributed by atoms with Crippen LogP contribution in [0, 0.1) is 5.92 Å². The molecule has 8 heteroatoms. The maximum atomic E-state index is 12.2. The van der Waals surface area contributed by atoms with E-state index in [9.17, 15) is 4.79 Å². The number of amides is 1. The highest BCUT2D eigenvalue weighted by molar-refractivity contribution is 6.03. The number of nitrogens with one attached hydrogen (secondary N) is 1. The highest BCUT2D eigenvalue weighted by Gasteiger charge is 2.37. The molecule has 0 spiro atoms. The van der Waals surface area contributed by atoms with Gasteiger partial charge < -0.3 is 19.7 Å². The van der Waals surface area contributed by atoms with E-state index in [-0.39, 0.29) is 5.91 Å². The van der Waals surface area contributed by atoms with Crippen LogP contribution in [0.4, 0.5) is 11.5 Å². The highest BCUT2D eigenvalue weighted by Crippen LogP contribution is 2.41. The number of fused-ring (bicyclic) bond motifs is 2. The summed E-state index contributed by atoms with van der Waals surface area (Å²) in [6.07, 6.45) is 10.2. The van der Waals surface area contributed by atoms with Crippen LogP contribution in [0.2, 0.25) is 0 Å². The van der Waals surface area contributed by atoms with E-state index in [1.165, 1.54) is 38.2 Å². The van der Waals surface area contributed by atoms with Gasteiger partial charge in [0.1, 0.15) is 17.9 Å². The number of aromatic nitrogens is 2. The first-order chi connectivity index (χ1) is 16.7. The lowest BCUT2D eigenvalue weighted by atomic mass is 9.85. The number of nitrogens with zero attached hydrogens (tertiary/aromatic N) is 4. The van der Waals surface area contributed by atoms with E-state index in [0.717, 1.165) is 68.5 Å². The summed E-state index contributed by atoms with van der Waals surface area (Å²) in [6, 6.07) is 4.45. The van der Waals surface area contributed by atoms with Gasteiger partial charge in [0, 0.05) is 43.7 Å². The second-order valence-electron chi connectivity index (χ2n) is 9.51. The highest BCUT2D eigenvalue weighted by atomic mass is 16.5. The minimum atomic E-state index is -0.260. The largest absolute Gasteiger partial charge is 0.491 e. The zero-order chi connectivity index (χ0) is 23.3.